The van der Waals surface area contributed by atoms with Gasteiger partial charge in [-0.25, -0.2) is 0 Å². The number of hydrogen-bond acceptors (Lipinski definition) is 4. The third kappa shape index (κ3) is 5.19. The Kier molecular flexibility index (Phi) is 6.46. The van der Waals surface area contributed by atoms with Gasteiger partial charge in [0.15, 0.2) is 12.4 Å². The van der Waals surface area contributed by atoms with Gasteiger partial charge < -0.3 is 19.8 Å². The predicted octanol–water partition coefficient (Wildman–Crippen LogP) is 5.51. The Morgan fingerprint density at radius 1 is 0.929 bits per heavy atom. The van der Waals surface area contributed by atoms with E-state index in [9.17, 15) is 9.59 Å². The van der Waals surface area contributed by atoms with E-state index >= 15 is 0 Å². The summed E-state index contributed by atoms with van der Waals surface area (Å²) in [6.45, 7) is -0.311. The Labute approximate surface area is 175 Å². The fraction of sp³-hybridized carbons (Fsp3) is 0.0526. The molecular weight excluding hydrogens is 427 g/mol. The van der Waals surface area contributed by atoms with Crippen molar-refractivity contribution in [1.82, 2.24) is 0 Å². The number of hydrogen-bond donors (Lipinski definition) is 2. The SMILES string of the molecule is O=C(COc1cc(Cl)ccc1Cl)Nc1ccc(Cl)cc1NC(=O)c1ccco1. The van der Waals surface area contributed by atoms with Gasteiger partial charge in [0, 0.05) is 16.1 Å². The minimum absolute atomic E-state index is 0.121. The van der Waals surface area contributed by atoms with Gasteiger partial charge in [0.2, 0.25) is 0 Å². The molecule has 6 nitrogen and oxygen atoms in total. The molecule has 3 aromatic rings. The van der Waals surface area contributed by atoms with Gasteiger partial charge in [0.1, 0.15) is 5.75 Å². The Bertz CT molecular complexity index is 1010. The summed E-state index contributed by atoms with van der Waals surface area (Å²) in [6.07, 6.45) is 1.38. The van der Waals surface area contributed by atoms with Crippen molar-refractivity contribution in [2.24, 2.45) is 0 Å². The average molecular weight is 440 g/mol. The molecule has 0 atom stereocenters. The van der Waals surface area contributed by atoms with Gasteiger partial charge in [0.05, 0.1) is 22.7 Å². The van der Waals surface area contributed by atoms with E-state index in [0.29, 0.717) is 26.4 Å². The lowest BCUT2D eigenvalue weighted by atomic mass is 10.2. The fourth-order valence-electron chi connectivity index (χ4n) is 2.24. The molecule has 2 amide bonds. The van der Waals surface area contributed by atoms with Crippen LogP contribution in [0.2, 0.25) is 15.1 Å². The van der Waals surface area contributed by atoms with Crippen LogP contribution in [0.3, 0.4) is 0 Å². The molecule has 0 radical (unpaired) electrons. The topological polar surface area (TPSA) is 80.6 Å². The van der Waals surface area contributed by atoms with Crippen molar-refractivity contribution in [1.29, 1.82) is 0 Å². The number of nitrogens with one attached hydrogen (secondary N) is 2. The molecule has 0 saturated carbocycles. The first-order valence-corrected chi connectivity index (χ1v) is 9.08. The van der Waals surface area contributed by atoms with Crippen LogP contribution in [0.15, 0.2) is 59.2 Å². The highest BCUT2D eigenvalue weighted by atomic mass is 35.5. The molecule has 2 N–H and O–H groups in total. The second-order valence-corrected chi connectivity index (χ2v) is 6.81. The van der Waals surface area contributed by atoms with Crippen LogP contribution in [-0.2, 0) is 4.79 Å². The van der Waals surface area contributed by atoms with E-state index in [1.807, 2.05) is 0 Å². The average Bonchev–Trinajstić information content (AvgIpc) is 3.19. The summed E-state index contributed by atoms with van der Waals surface area (Å²) in [5.74, 6) is -0.542. The van der Waals surface area contributed by atoms with Gasteiger partial charge in [-0.2, -0.15) is 0 Å². The summed E-state index contributed by atoms with van der Waals surface area (Å²) in [5, 5.41) is 6.43. The first-order chi connectivity index (χ1) is 13.4. The first kappa shape index (κ1) is 20.1. The van der Waals surface area contributed by atoms with Crippen LogP contribution in [0.5, 0.6) is 5.75 Å². The quantitative estimate of drug-likeness (QED) is 0.531. The van der Waals surface area contributed by atoms with Crippen molar-refractivity contribution in [3.63, 3.8) is 0 Å². The largest absolute Gasteiger partial charge is 0.482 e. The van der Waals surface area contributed by atoms with E-state index in [4.69, 9.17) is 44.0 Å². The molecule has 1 aromatic heterocycles. The number of anilines is 2. The highest BCUT2D eigenvalue weighted by molar-refractivity contribution is 6.34. The predicted molar refractivity (Wildman–Crippen MR) is 109 cm³/mol. The minimum Gasteiger partial charge on any atom is -0.482 e. The van der Waals surface area contributed by atoms with Gasteiger partial charge in [-0.1, -0.05) is 34.8 Å². The molecule has 28 heavy (non-hydrogen) atoms. The molecule has 0 fully saturated rings. The van der Waals surface area contributed by atoms with Crippen LogP contribution in [0.25, 0.3) is 0 Å². The molecule has 1 heterocycles. The fourth-order valence-corrected chi connectivity index (χ4v) is 2.74. The third-order valence-corrected chi connectivity index (χ3v) is 4.28. The minimum atomic E-state index is -0.482. The van der Waals surface area contributed by atoms with E-state index in [1.54, 1.807) is 30.3 Å². The number of amides is 2. The summed E-state index contributed by atoms with van der Waals surface area (Å²) in [7, 11) is 0. The number of furan rings is 1. The number of carbonyl (C=O) groups excluding carboxylic acids is 2. The maximum atomic E-state index is 12.3. The van der Waals surface area contributed by atoms with Crippen LogP contribution >= 0.6 is 34.8 Å². The van der Waals surface area contributed by atoms with Crippen molar-refractivity contribution in [2.75, 3.05) is 17.2 Å². The summed E-state index contributed by atoms with van der Waals surface area (Å²) >= 11 is 17.9. The van der Waals surface area contributed by atoms with E-state index < -0.39 is 11.8 Å². The zero-order valence-electron chi connectivity index (χ0n) is 14.2. The zero-order valence-corrected chi connectivity index (χ0v) is 16.4. The molecule has 0 saturated heterocycles. The van der Waals surface area contributed by atoms with Crippen molar-refractivity contribution in [2.45, 2.75) is 0 Å². The van der Waals surface area contributed by atoms with E-state index in [0.717, 1.165) is 0 Å². The highest BCUT2D eigenvalue weighted by Crippen LogP contribution is 2.28. The van der Waals surface area contributed by atoms with Gasteiger partial charge in [-0.15, -0.1) is 0 Å². The third-order valence-electron chi connectivity index (χ3n) is 3.50. The Balaban J connectivity index is 1.68. The molecule has 2 aromatic carbocycles. The first-order valence-electron chi connectivity index (χ1n) is 7.94. The maximum absolute atomic E-state index is 12.3. The Hall–Kier alpha value is -2.67. The van der Waals surface area contributed by atoms with Gasteiger partial charge in [-0.3, -0.25) is 9.59 Å². The normalized spacial score (nSPS) is 10.4. The second kappa shape index (κ2) is 9.01. The summed E-state index contributed by atoms with van der Waals surface area (Å²) < 4.78 is 10.4. The monoisotopic (exact) mass is 438 g/mol. The Morgan fingerprint density at radius 3 is 2.43 bits per heavy atom. The number of halogens is 3. The molecule has 0 spiro atoms. The molecular formula is C19H13Cl3N2O4. The molecule has 0 aliphatic rings. The van der Waals surface area contributed by atoms with Crippen LogP contribution in [0.4, 0.5) is 11.4 Å². The second-order valence-electron chi connectivity index (χ2n) is 5.53. The lowest BCUT2D eigenvalue weighted by Gasteiger charge is -2.13. The molecule has 0 aliphatic carbocycles. The molecule has 0 aliphatic heterocycles. The van der Waals surface area contributed by atoms with Crippen LogP contribution < -0.4 is 15.4 Å². The van der Waals surface area contributed by atoms with Crippen molar-refractivity contribution in [3.8, 4) is 5.75 Å². The molecule has 0 unspecified atom stereocenters. The van der Waals surface area contributed by atoms with Crippen molar-refractivity contribution in [3.05, 3.63) is 75.6 Å². The van der Waals surface area contributed by atoms with Gasteiger partial charge in [0.25, 0.3) is 11.8 Å². The maximum Gasteiger partial charge on any atom is 0.291 e. The molecule has 0 bridgehead atoms. The summed E-state index contributed by atoms with van der Waals surface area (Å²) in [4.78, 5) is 24.4. The number of rotatable bonds is 6. The number of benzene rings is 2. The summed E-state index contributed by atoms with van der Waals surface area (Å²) in [6, 6.07) is 12.4. The van der Waals surface area contributed by atoms with E-state index in [-0.39, 0.29) is 18.1 Å². The van der Waals surface area contributed by atoms with Gasteiger partial charge >= 0.3 is 0 Å². The van der Waals surface area contributed by atoms with Crippen molar-refractivity contribution >= 4 is 58.0 Å². The van der Waals surface area contributed by atoms with E-state index in [2.05, 4.69) is 10.6 Å². The number of carbonyl (C=O) groups is 2. The zero-order chi connectivity index (χ0) is 20.1. The molecule has 144 valence electrons. The smallest absolute Gasteiger partial charge is 0.291 e. The Morgan fingerprint density at radius 2 is 1.68 bits per heavy atom. The molecule has 3 rings (SSSR count). The highest BCUT2D eigenvalue weighted by Gasteiger charge is 2.14. The van der Waals surface area contributed by atoms with Crippen molar-refractivity contribution < 1.29 is 18.7 Å². The van der Waals surface area contributed by atoms with E-state index in [1.165, 1.54) is 24.5 Å². The van der Waals surface area contributed by atoms with Crippen LogP contribution in [0.1, 0.15) is 10.6 Å². The van der Waals surface area contributed by atoms with Gasteiger partial charge in [-0.05, 0) is 42.5 Å². The van der Waals surface area contributed by atoms with Crippen LogP contribution in [-0.4, -0.2) is 18.4 Å². The molecule has 9 heteroatoms. The summed E-state index contributed by atoms with van der Waals surface area (Å²) in [5.41, 5.74) is 0.651. The number of ether oxygens (including phenoxy) is 1. The van der Waals surface area contributed by atoms with Crippen LogP contribution in [0, 0.1) is 0 Å². The lowest BCUT2D eigenvalue weighted by molar-refractivity contribution is -0.118. The standard InChI is InChI=1S/C19H13Cl3N2O4/c20-11-4-6-14(15(8-11)24-19(26)16-2-1-7-27-16)23-18(25)10-28-17-9-12(21)3-5-13(17)22/h1-9H,10H2,(H,23,25)(H,24,26). The lowest BCUT2D eigenvalue weighted by Crippen LogP contribution is -2.21.